The molecule has 1 saturated heterocycles. The van der Waals surface area contributed by atoms with Gasteiger partial charge in [0.25, 0.3) is 0 Å². The van der Waals surface area contributed by atoms with Gasteiger partial charge in [0, 0.05) is 28.7 Å². The van der Waals surface area contributed by atoms with E-state index in [4.69, 9.17) is 16.0 Å². The lowest BCUT2D eigenvalue weighted by Gasteiger charge is -2.36. The Labute approximate surface area is 164 Å². The molecule has 0 atom stereocenters. The first-order chi connectivity index (χ1) is 12.2. The maximum absolute atomic E-state index is 6.41. The van der Waals surface area contributed by atoms with Crippen LogP contribution in [0.1, 0.15) is 45.1 Å². The van der Waals surface area contributed by atoms with Gasteiger partial charge in [0.15, 0.2) is 8.32 Å². The summed E-state index contributed by atoms with van der Waals surface area (Å²) in [6, 6.07) is 6.30. The zero-order valence-electron chi connectivity index (χ0n) is 16.9. The fourth-order valence-corrected chi connectivity index (χ4v) is 4.76. The molecule has 3 nitrogen and oxygen atoms in total. The lowest BCUT2D eigenvalue weighted by atomic mass is 9.90. The number of halogens is 1. The molecule has 0 unspecified atom stereocenters. The van der Waals surface area contributed by atoms with Crippen LogP contribution in [-0.4, -0.2) is 32.6 Å². The molecule has 1 aliphatic heterocycles. The number of hydrogen-bond acceptors (Lipinski definition) is 2. The second-order valence-corrected chi connectivity index (χ2v) is 14.3. The molecule has 1 N–H and O–H groups in total. The molecular weight excluding hydrogens is 360 g/mol. The molecular formula is C21H33ClN2OSi. The van der Waals surface area contributed by atoms with Crippen LogP contribution in [0.4, 0.5) is 0 Å². The van der Waals surface area contributed by atoms with Crippen molar-refractivity contribution in [2.75, 3.05) is 19.7 Å². The first kappa shape index (κ1) is 19.9. The topological polar surface area (TPSA) is 26.2 Å². The first-order valence-corrected chi connectivity index (χ1v) is 13.1. The van der Waals surface area contributed by atoms with Crippen molar-refractivity contribution in [3.8, 4) is 0 Å². The van der Waals surface area contributed by atoms with Gasteiger partial charge in [0.05, 0.1) is 6.61 Å². The highest BCUT2D eigenvalue weighted by Gasteiger charge is 2.36. The Bertz CT molecular complexity index is 757. The summed E-state index contributed by atoms with van der Waals surface area (Å²) >= 11 is 6.31. The van der Waals surface area contributed by atoms with E-state index in [9.17, 15) is 0 Å². The molecule has 5 heteroatoms. The summed E-state index contributed by atoms with van der Waals surface area (Å²) in [5.41, 5.74) is 2.73. The van der Waals surface area contributed by atoms with Crippen LogP contribution in [0.2, 0.25) is 23.2 Å². The summed E-state index contributed by atoms with van der Waals surface area (Å²) in [5.74, 6) is 0.625. The molecule has 0 bridgehead atoms. The highest BCUT2D eigenvalue weighted by molar-refractivity contribution is 6.74. The molecule has 2 aromatic rings. The van der Waals surface area contributed by atoms with Gasteiger partial charge >= 0.3 is 0 Å². The molecule has 1 aromatic carbocycles. The standard InChI is InChI=1S/C21H33ClN2OSi/c1-21(2,3)26(4,5)25-13-12-24-15-19(16-8-10-23-11-9-16)18-14-17(22)6-7-20(18)24/h6-7,14-16,23H,8-13H2,1-5H3. The lowest BCUT2D eigenvalue weighted by Crippen LogP contribution is -2.41. The normalized spacial score (nSPS) is 17.2. The van der Waals surface area contributed by atoms with E-state index < -0.39 is 8.32 Å². The Hall–Kier alpha value is -0.813. The number of nitrogens with zero attached hydrogens (tertiary/aromatic N) is 1. The molecule has 2 heterocycles. The molecule has 26 heavy (non-hydrogen) atoms. The van der Waals surface area contributed by atoms with Crippen molar-refractivity contribution in [1.82, 2.24) is 9.88 Å². The second kappa shape index (κ2) is 7.67. The van der Waals surface area contributed by atoms with Gasteiger partial charge in [-0.1, -0.05) is 32.4 Å². The summed E-state index contributed by atoms with van der Waals surface area (Å²) in [6.45, 7) is 15.4. The lowest BCUT2D eigenvalue weighted by molar-refractivity contribution is 0.273. The van der Waals surface area contributed by atoms with Gasteiger partial charge in [-0.25, -0.2) is 0 Å². The number of aromatic nitrogens is 1. The van der Waals surface area contributed by atoms with Gasteiger partial charge in [0.1, 0.15) is 0 Å². The van der Waals surface area contributed by atoms with E-state index in [2.05, 4.69) is 62.1 Å². The molecule has 1 aromatic heterocycles. The van der Waals surface area contributed by atoms with E-state index in [1.807, 2.05) is 6.07 Å². The zero-order chi connectivity index (χ0) is 18.9. The van der Waals surface area contributed by atoms with Crippen LogP contribution in [0.5, 0.6) is 0 Å². The third-order valence-corrected chi connectivity index (χ3v) is 11.0. The first-order valence-electron chi connectivity index (χ1n) is 9.82. The minimum absolute atomic E-state index is 0.250. The molecule has 1 fully saturated rings. The van der Waals surface area contributed by atoms with E-state index in [-0.39, 0.29) is 5.04 Å². The van der Waals surface area contributed by atoms with Crippen LogP contribution < -0.4 is 5.32 Å². The molecule has 144 valence electrons. The molecule has 0 radical (unpaired) electrons. The van der Waals surface area contributed by atoms with Gasteiger partial charge in [-0.2, -0.15) is 0 Å². The minimum Gasteiger partial charge on any atom is -0.415 e. The highest BCUT2D eigenvalue weighted by Crippen LogP contribution is 2.37. The summed E-state index contributed by atoms with van der Waals surface area (Å²) in [5, 5.41) is 5.86. The number of benzene rings is 1. The average molecular weight is 393 g/mol. The third kappa shape index (κ3) is 4.19. The minimum atomic E-state index is -1.70. The molecule has 0 aliphatic carbocycles. The Balaban J connectivity index is 1.82. The average Bonchev–Trinajstić information content (AvgIpc) is 2.92. The smallest absolute Gasteiger partial charge is 0.192 e. The maximum Gasteiger partial charge on any atom is 0.192 e. The maximum atomic E-state index is 6.41. The van der Waals surface area contributed by atoms with Gasteiger partial charge in [0.2, 0.25) is 0 Å². The van der Waals surface area contributed by atoms with Gasteiger partial charge in [-0.3, -0.25) is 0 Å². The number of nitrogens with one attached hydrogen (secondary N) is 1. The van der Waals surface area contributed by atoms with Crippen LogP contribution in [0.3, 0.4) is 0 Å². The fourth-order valence-electron chi connectivity index (χ4n) is 3.56. The van der Waals surface area contributed by atoms with Crippen molar-refractivity contribution in [3.63, 3.8) is 0 Å². The van der Waals surface area contributed by atoms with E-state index in [1.54, 1.807) is 0 Å². The van der Waals surface area contributed by atoms with E-state index in [0.717, 1.165) is 31.3 Å². The van der Waals surface area contributed by atoms with E-state index in [1.165, 1.54) is 29.3 Å². The number of fused-ring (bicyclic) bond motifs is 1. The second-order valence-electron chi connectivity index (χ2n) is 9.07. The predicted molar refractivity (Wildman–Crippen MR) is 115 cm³/mol. The Morgan fingerprint density at radius 1 is 1.23 bits per heavy atom. The Morgan fingerprint density at radius 3 is 2.58 bits per heavy atom. The van der Waals surface area contributed by atoms with Crippen LogP contribution >= 0.6 is 11.6 Å². The van der Waals surface area contributed by atoms with E-state index in [0.29, 0.717) is 5.92 Å². The predicted octanol–water partition coefficient (Wildman–Crippen LogP) is 5.78. The van der Waals surface area contributed by atoms with Crippen LogP contribution in [0, 0.1) is 0 Å². The summed E-state index contributed by atoms with van der Waals surface area (Å²) < 4.78 is 8.78. The SMILES string of the molecule is CC(C)(C)[Si](C)(C)OCCn1cc(C2CCNCC2)c2cc(Cl)ccc21. The Kier molecular flexibility index (Phi) is 5.88. The molecule has 0 spiro atoms. The monoisotopic (exact) mass is 392 g/mol. The molecule has 0 amide bonds. The van der Waals surface area contributed by atoms with Crippen molar-refractivity contribution in [1.29, 1.82) is 0 Å². The quantitative estimate of drug-likeness (QED) is 0.652. The van der Waals surface area contributed by atoms with Gasteiger partial charge in [-0.05, 0) is 73.7 Å². The Morgan fingerprint density at radius 2 is 1.92 bits per heavy atom. The highest BCUT2D eigenvalue weighted by atomic mass is 35.5. The number of piperidine rings is 1. The molecule has 3 rings (SSSR count). The zero-order valence-corrected chi connectivity index (χ0v) is 18.6. The largest absolute Gasteiger partial charge is 0.415 e. The van der Waals surface area contributed by atoms with Crippen LogP contribution in [0.15, 0.2) is 24.4 Å². The molecule has 0 saturated carbocycles. The number of hydrogen-bond donors (Lipinski definition) is 1. The number of rotatable bonds is 5. The van der Waals surface area contributed by atoms with Crippen molar-refractivity contribution in [2.45, 2.75) is 64.2 Å². The van der Waals surface area contributed by atoms with Crippen molar-refractivity contribution in [2.24, 2.45) is 0 Å². The van der Waals surface area contributed by atoms with Crippen LogP contribution in [-0.2, 0) is 11.0 Å². The van der Waals surface area contributed by atoms with E-state index >= 15 is 0 Å². The van der Waals surface area contributed by atoms with Gasteiger partial charge < -0.3 is 14.3 Å². The summed E-state index contributed by atoms with van der Waals surface area (Å²) in [4.78, 5) is 0. The van der Waals surface area contributed by atoms with Crippen molar-refractivity contribution < 1.29 is 4.43 Å². The summed E-state index contributed by atoms with van der Waals surface area (Å²) in [6.07, 6.45) is 4.75. The fraction of sp³-hybridized carbons (Fsp3) is 0.619. The van der Waals surface area contributed by atoms with Gasteiger partial charge in [-0.15, -0.1) is 0 Å². The molecule has 1 aliphatic rings. The summed E-state index contributed by atoms with van der Waals surface area (Å²) in [7, 11) is -1.70. The van der Waals surface area contributed by atoms with Crippen LogP contribution in [0.25, 0.3) is 10.9 Å². The third-order valence-electron chi connectivity index (χ3n) is 6.25. The van der Waals surface area contributed by atoms with Crippen molar-refractivity contribution in [3.05, 3.63) is 35.0 Å². The van der Waals surface area contributed by atoms with Crippen molar-refractivity contribution >= 4 is 30.8 Å².